The van der Waals surface area contributed by atoms with Crippen LogP contribution in [0, 0.1) is 6.92 Å². The first-order valence-electron chi connectivity index (χ1n) is 25.7. The molecule has 0 bridgehead atoms. The van der Waals surface area contributed by atoms with E-state index in [9.17, 15) is 14.4 Å². The molecule has 4 aliphatic heterocycles. The number of carbonyl (C=O) groups excluding carboxylic acids is 3. The third-order valence-corrected chi connectivity index (χ3v) is 17.2. The zero-order valence-corrected chi connectivity index (χ0v) is 44.7. The van der Waals surface area contributed by atoms with Crippen LogP contribution in [0.25, 0.3) is 0 Å². The summed E-state index contributed by atoms with van der Waals surface area (Å²) < 4.78 is 31.0. The van der Waals surface area contributed by atoms with Crippen LogP contribution in [0.5, 0.6) is 17.2 Å². The largest absolute Gasteiger partial charge is 0.493 e. The fourth-order valence-electron chi connectivity index (χ4n) is 10.3. The average Bonchev–Trinajstić information content (AvgIpc) is 3.87. The first-order chi connectivity index (χ1) is 35.4. The van der Waals surface area contributed by atoms with Gasteiger partial charge in [-0.15, -0.1) is 0 Å². The minimum absolute atomic E-state index is 0.0539. The molecule has 0 radical (unpaired) electrons. The van der Waals surface area contributed by atoms with Gasteiger partial charge in [-0.05, 0) is 142 Å². The first-order valence-corrected chi connectivity index (χ1v) is 28.0. The van der Waals surface area contributed by atoms with Crippen molar-refractivity contribution in [1.82, 2.24) is 0 Å². The molecular formula is C59H68N4O8S2. The van der Waals surface area contributed by atoms with E-state index in [2.05, 4.69) is 74.2 Å². The summed E-state index contributed by atoms with van der Waals surface area (Å²) in [5.74, 6) is 2.71. The molecule has 5 aromatic rings. The Morgan fingerprint density at radius 3 is 2.19 bits per heavy atom. The van der Waals surface area contributed by atoms with Gasteiger partial charge in [0, 0.05) is 84.0 Å². The normalized spacial score (nSPS) is 16.5. The number of ether oxygens (including phenoxy) is 5. The number of hydrogen-bond acceptors (Lipinski definition) is 12. The van der Waals surface area contributed by atoms with Crippen LogP contribution in [0.4, 0.5) is 22.7 Å². The minimum Gasteiger partial charge on any atom is -0.493 e. The summed E-state index contributed by atoms with van der Waals surface area (Å²) in [6.07, 6.45) is 7.50. The van der Waals surface area contributed by atoms with Crippen molar-refractivity contribution in [2.45, 2.75) is 110 Å². The zero-order chi connectivity index (χ0) is 51.1. The number of anilines is 3. The number of fused-ring (bicyclic) bond motifs is 8. The van der Waals surface area contributed by atoms with Crippen LogP contribution in [0.15, 0.2) is 96.0 Å². The lowest BCUT2D eigenvalue weighted by Gasteiger charge is -2.34. The molecule has 4 heterocycles. The Hall–Kier alpha value is -5.80. The Labute approximate surface area is 438 Å². The van der Waals surface area contributed by atoms with E-state index in [1.807, 2.05) is 74.9 Å². The summed E-state index contributed by atoms with van der Waals surface area (Å²) in [6, 6.07) is 30.3. The van der Waals surface area contributed by atoms with Gasteiger partial charge >= 0.3 is 0 Å². The monoisotopic (exact) mass is 1020 g/mol. The topological polar surface area (TPSA) is 119 Å². The summed E-state index contributed by atoms with van der Waals surface area (Å²) in [7, 11) is 5.23. The molecule has 0 N–H and O–H groups in total. The molecule has 2 atom stereocenters. The third-order valence-electron chi connectivity index (χ3n) is 13.8. The molecule has 0 saturated carbocycles. The highest BCUT2D eigenvalue weighted by atomic mass is 33.1. The predicted octanol–water partition coefficient (Wildman–Crippen LogP) is 11.7. The maximum Gasteiger partial charge on any atom is 0.261 e. The van der Waals surface area contributed by atoms with Crippen molar-refractivity contribution in [3.8, 4) is 17.2 Å². The van der Waals surface area contributed by atoms with Gasteiger partial charge in [-0.3, -0.25) is 19.5 Å². The van der Waals surface area contributed by atoms with Crippen LogP contribution in [-0.4, -0.2) is 93.0 Å². The van der Waals surface area contributed by atoms with Gasteiger partial charge in [-0.1, -0.05) is 64.9 Å². The highest BCUT2D eigenvalue weighted by Gasteiger charge is 2.38. The number of ketones is 1. The number of para-hydroxylation sites is 2. The Bertz CT molecular complexity index is 2850. The van der Waals surface area contributed by atoms with Gasteiger partial charge in [0.15, 0.2) is 11.5 Å². The van der Waals surface area contributed by atoms with Gasteiger partial charge in [-0.2, -0.15) is 0 Å². The van der Waals surface area contributed by atoms with Gasteiger partial charge in [0.2, 0.25) is 0 Å². The molecule has 73 heavy (non-hydrogen) atoms. The summed E-state index contributed by atoms with van der Waals surface area (Å²) in [4.78, 5) is 51.1. The SMILES string of the molecule is CCCOCCOCCN(CC(C)(C)SSCCCC(C)=O)c1cc(COc2cc3c(cc2C)C(=O)N2c4ccccc4C[C@H]2CC3)cc(COc2cc3c(cc2OC)C(=O)N2c4ccccc4C[C@H]2C=N3)c1. The molecule has 9 rings (SSSR count). The molecule has 384 valence electrons. The molecule has 0 aromatic heterocycles. The van der Waals surface area contributed by atoms with E-state index in [0.29, 0.717) is 75.1 Å². The van der Waals surface area contributed by atoms with Crippen molar-refractivity contribution in [2.24, 2.45) is 4.99 Å². The lowest BCUT2D eigenvalue weighted by molar-refractivity contribution is -0.117. The standard InChI is InChI=1S/C59H68N4O8S2/c1-7-21-68-23-24-69-22-20-61(38-59(4,5)73-72-25-12-13-40(3)64)47-28-41(36-70-54-32-43-18-19-46-30-44-14-8-10-16-52(44)62(46)57(65)49(43)26-39(54)2)27-42(29-47)37-71-56-34-51-50(33-55(56)67-6)58(66)63-48(35-60-51)31-45-15-9-11-17-53(45)63/h8-11,14-17,26-29,32-35,46,48H,7,12-13,18-25,30-31,36-38H2,1-6H3/t46-,48+/m1/s1. The number of carbonyl (C=O) groups is 3. The highest BCUT2D eigenvalue weighted by Crippen LogP contribution is 2.43. The van der Waals surface area contributed by atoms with Crippen molar-refractivity contribution in [2.75, 3.05) is 67.1 Å². The number of aryl methyl sites for hydroxylation is 2. The number of amides is 2. The lowest BCUT2D eigenvalue weighted by atomic mass is 9.98. The average molecular weight is 1030 g/mol. The van der Waals surface area contributed by atoms with Crippen LogP contribution < -0.4 is 28.9 Å². The van der Waals surface area contributed by atoms with Crippen molar-refractivity contribution >= 4 is 68.1 Å². The second-order valence-electron chi connectivity index (χ2n) is 20.1. The van der Waals surface area contributed by atoms with E-state index in [-0.39, 0.29) is 47.6 Å². The van der Waals surface area contributed by atoms with E-state index in [1.165, 1.54) is 5.56 Å². The van der Waals surface area contributed by atoms with E-state index < -0.39 is 0 Å². The fourth-order valence-corrected chi connectivity index (χ4v) is 12.9. The van der Waals surface area contributed by atoms with Crippen LogP contribution in [0.3, 0.4) is 0 Å². The summed E-state index contributed by atoms with van der Waals surface area (Å²) in [5.41, 5.74) is 10.8. The Balaban J connectivity index is 0.995. The van der Waals surface area contributed by atoms with Gasteiger partial charge in [-0.25, -0.2) is 0 Å². The molecule has 0 saturated heterocycles. The number of methoxy groups -OCH3 is 1. The first kappa shape index (κ1) is 52.1. The number of nitrogens with zero attached hydrogens (tertiary/aromatic N) is 4. The number of aliphatic imine (C=N–C) groups is 1. The van der Waals surface area contributed by atoms with Gasteiger partial charge < -0.3 is 38.3 Å². The molecular weight excluding hydrogens is 957 g/mol. The van der Waals surface area contributed by atoms with Crippen LogP contribution >= 0.6 is 21.6 Å². The zero-order valence-electron chi connectivity index (χ0n) is 43.1. The summed E-state index contributed by atoms with van der Waals surface area (Å²) in [5, 5.41) is 0. The molecule has 5 aromatic carbocycles. The predicted molar refractivity (Wildman–Crippen MR) is 295 cm³/mol. The second kappa shape index (κ2) is 23.6. The van der Waals surface area contributed by atoms with Crippen molar-refractivity contribution in [3.05, 3.63) is 136 Å². The summed E-state index contributed by atoms with van der Waals surface area (Å²) in [6.45, 7) is 14.4. The molecule has 14 heteroatoms. The molecule has 0 fully saturated rings. The lowest BCUT2D eigenvalue weighted by Crippen LogP contribution is -2.38. The van der Waals surface area contributed by atoms with E-state index in [4.69, 9.17) is 28.7 Å². The van der Waals surface area contributed by atoms with E-state index >= 15 is 0 Å². The van der Waals surface area contributed by atoms with Crippen LogP contribution in [-0.2, 0) is 46.7 Å². The number of benzene rings is 5. The number of rotatable bonds is 24. The minimum atomic E-state index is -0.180. The molecule has 2 amide bonds. The second-order valence-corrected chi connectivity index (χ2v) is 23.2. The van der Waals surface area contributed by atoms with Crippen LogP contribution in [0.1, 0.15) is 107 Å². The molecule has 4 aliphatic rings. The fraction of sp³-hybridized carbons (Fsp3) is 0.424. The van der Waals surface area contributed by atoms with Gasteiger partial charge in [0.05, 0.1) is 44.2 Å². The quantitative estimate of drug-likeness (QED) is 0.0434. The molecule has 0 aliphatic carbocycles. The third kappa shape index (κ3) is 12.3. The molecule has 12 nitrogen and oxygen atoms in total. The van der Waals surface area contributed by atoms with Crippen molar-refractivity contribution in [3.63, 3.8) is 0 Å². The Morgan fingerprint density at radius 1 is 0.781 bits per heavy atom. The van der Waals surface area contributed by atoms with E-state index in [1.54, 1.807) is 26.2 Å². The highest BCUT2D eigenvalue weighted by molar-refractivity contribution is 8.77. The smallest absolute Gasteiger partial charge is 0.261 e. The van der Waals surface area contributed by atoms with Gasteiger partial charge in [0.25, 0.3) is 11.8 Å². The van der Waals surface area contributed by atoms with Crippen molar-refractivity contribution < 1.29 is 38.1 Å². The van der Waals surface area contributed by atoms with Crippen molar-refractivity contribution in [1.29, 1.82) is 0 Å². The van der Waals surface area contributed by atoms with E-state index in [0.717, 1.165) is 94.0 Å². The Morgan fingerprint density at radius 2 is 1.47 bits per heavy atom. The maximum atomic E-state index is 14.2. The number of hydrogen-bond donors (Lipinski definition) is 0. The van der Waals surface area contributed by atoms with Crippen LogP contribution in [0.2, 0.25) is 0 Å². The summed E-state index contributed by atoms with van der Waals surface area (Å²) >= 11 is 0. The number of Topliss-reactive ketones (excluding diaryl/α,β-unsaturated/α-hetero) is 1. The van der Waals surface area contributed by atoms with Gasteiger partial charge in [0.1, 0.15) is 24.7 Å². The molecule has 0 unspecified atom stereocenters. The Kier molecular flexibility index (Phi) is 16.8. The maximum absolute atomic E-state index is 14.2. The molecule has 0 spiro atoms.